The molecular weight excluding hydrogens is 248 g/mol. The van der Waals surface area contributed by atoms with Crippen LogP contribution in [0.1, 0.15) is 19.5 Å². The Kier molecular flexibility index (Phi) is 3.99. The Bertz CT molecular complexity index is 499. The fourth-order valence-electron chi connectivity index (χ4n) is 1.37. The number of nitrogens with one attached hydrogen (secondary N) is 1. The first-order valence-corrected chi connectivity index (χ1v) is 6.63. The molecule has 0 radical (unpaired) electrons. The summed E-state index contributed by atoms with van der Waals surface area (Å²) in [5.41, 5.74) is 9.14. The molecule has 3 N–H and O–H groups in total. The van der Waals surface area contributed by atoms with E-state index in [0.29, 0.717) is 18.1 Å². The van der Waals surface area contributed by atoms with Crippen molar-refractivity contribution in [2.75, 3.05) is 11.1 Å². The minimum absolute atomic E-state index is 0.0496. The number of hydrogen-bond donors (Lipinski definition) is 2. The van der Waals surface area contributed by atoms with Crippen molar-refractivity contribution in [2.24, 2.45) is 0 Å². The number of aromatic nitrogens is 2. The van der Waals surface area contributed by atoms with Crippen LogP contribution in [0.25, 0.3) is 0 Å². The molecule has 0 aliphatic rings. The van der Waals surface area contributed by atoms with Crippen molar-refractivity contribution >= 4 is 22.8 Å². The maximum absolute atomic E-state index is 5.80. The van der Waals surface area contributed by atoms with Gasteiger partial charge in [-0.3, -0.25) is 0 Å². The quantitative estimate of drug-likeness (QED) is 0.868. The second-order valence-electron chi connectivity index (χ2n) is 4.09. The molecule has 2 heterocycles. The summed E-state index contributed by atoms with van der Waals surface area (Å²) in [6.45, 7) is 4.52. The van der Waals surface area contributed by atoms with Crippen LogP contribution in [-0.2, 0) is 6.54 Å². The zero-order valence-corrected chi connectivity index (χ0v) is 11.2. The Labute approximate surface area is 110 Å². The van der Waals surface area contributed by atoms with E-state index >= 15 is 0 Å². The molecule has 0 saturated heterocycles. The first-order valence-electron chi connectivity index (χ1n) is 5.69. The molecule has 0 bridgehead atoms. The van der Waals surface area contributed by atoms with E-state index in [0.717, 1.165) is 11.5 Å². The normalized spacial score (nSPS) is 10.6. The maximum atomic E-state index is 5.80. The molecule has 2 aromatic heterocycles. The SMILES string of the molecule is CC(C)Oc1nc(NCc2cscn2)ccc1N. The summed E-state index contributed by atoms with van der Waals surface area (Å²) in [4.78, 5) is 8.52. The third kappa shape index (κ3) is 3.33. The van der Waals surface area contributed by atoms with Gasteiger partial charge in [0.2, 0.25) is 5.88 Å². The van der Waals surface area contributed by atoms with Gasteiger partial charge < -0.3 is 15.8 Å². The van der Waals surface area contributed by atoms with E-state index in [4.69, 9.17) is 10.5 Å². The van der Waals surface area contributed by atoms with Crippen molar-refractivity contribution in [1.82, 2.24) is 9.97 Å². The third-order valence-electron chi connectivity index (χ3n) is 2.17. The van der Waals surface area contributed by atoms with Crippen LogP contribution in [0.5, 0.6) is 5.88 Å². The van der Waals surface area contributed by atoms with Crippen molar-refractivity contribution in [1.29, 1.82) is 0 Å². The Morgan fingerprint density at radius 3 is 2.94 bits per heavy atom. The van der Waals surface area contributed by atoms with Crippen LogP contribution in [0.15, 0.2) is 23.0 Å². The number of nitrogen functional groups attached to an aromatic ring is 1. The summed E-state index contributed by atoms with van der Waals surface area (Å²) >= 11 is 1.57. The minimum atomic E-state index is 0.0496. The number of nitrogens with two attached hydrogens (primary N) is 1. The van der Waals surface area contributed by atoms with E-state index < -0.39 is 0 Å². The molecular formula is C12H16N4OS. The van der Waals surface area contributed by atoms with Gasteiger partial charge in [0.25, 0.3) is 0 Å². The zero-order valence-electron chi connectivity index (χ0n) is 10.4. The fourth-order valence-corrected chi connectivity index (χ4v) is 1.93. The molecule has 0 spiro atoms. The molecule has 0 fully saturated rings. The van der Waals surface area contributed by atoms with Gasteiger partial charge in [-0.1, -0.05) is 0 Å². The van der Waals surface area contributed by atoms with E-state index in [1.165, 1.54) is 0 Å². The highest BCUT2D eigenvalue weighted by Crippen LogP contribution is 2.22. The molecule has 5 nitrogen and oxygen atoms in total. The standard InChI is InChI=1S/C12H16N4OS/c1-8(2)17-12-10(13)3-4-11(16-12)14-5-9-6-18-7-15-9/h3-4,6-8H,5,13H2,1-2H3,(H,14,16). The average Bonchev–Trinajstić information content (AvgIpc) is 2.82. The van der Waals surface area contributed by atoms with Crippen LogP contribution in [-0.4, -0.2) is 16.1 Å². The molecule has 18 heavy (non-hydrogen) atoms. The summed E-state index contributed by atoms with van der Waals surface area (Å²) in [5, 5.41) is 5.18. The predicted molar refractivity (Wildman–Crippen MR) is 73.9 cm³/mol. The lowest BCUT2D eigenvalue weighted by Gasteiger charge is -2.12. The lowest BCUT2D eigenvalue weighted by molar-refractivity contribution is 0.234. The molecule has 6 heteroatoms. The molecule has 0 amide bonds. The Balaban J connectivity index is 2.04. The Morgan fingerprint density at radius 2 is 2.28 bits per heavy atom. The molecule has 0 aliphatic carbocycles. The van der Waals surface area contributed by atoms with E-state index in [1.807, 2.05) is 25.3 Å². The second kappa shape index (κ2) is 5.68. The fraction of sp³-hybridized carbons (Fsp3) is 0.333. The number of hydrogen-bond acceptors (Lipinski definition) is 6. The van der Waals surface area contributed by atoms with Gasteiger partial charge in [-0.2, -0.15) is 4.98 Å². The highest BCUT2D eigenvalue weighted by molar-refractivity contribution is 7.07. The summed E-state index contributed by atoms with van der Waals surface area (Å²) in [6, 6.07) is 3.61. The van der Waals surface area contributed by atoms with Gasteiger partial charge in [0.15, 0.2) is 0 Å². The minimum Gasteiger partial charge on any atom is -0.473 e. The smallest absolute Gasteiger partial charge is 0.239 e. The van der Waals surface area contributed by atoms with Crippen LogP contribution in [0.4, 0.5) is 11.5 Å². The third-order valence-corrected chi connectivity index (χ3v) is 2.81. The van der Waals surface area contributed by atoms with Gasteiger partial charge in [0.1, 0.15) is 5.82 Å². The van der Waals surface area contributed by atoms with Crippen molar-refractivity contribution in [3.8, 4) is 5.88 Å². The number of pyridine rings is 1. The molecule has 2 rings (SSSR count). The van der Waals surface area contributed by atoms with E-state index in [9.17, 15) is 0 Å². The van der Waals surface area contributed by atoms with Crippen LogP contribution in [0.2, 0.25) is 0 Å². The molecule has 0 aromatic carbocycles. The first-order chi connectivity index (χ1) is 8.65. The average molecular weight is 264 g/mol. The molecule has 2 aromatic rings. The van der Waals surface area contributed by atoms with Crippen molar-refractivity contribution in [3.63, 3.8) is 0 Å². The largest absolute Gasteiger partial charge is 0.473 e. The van der Waals surface area contributed by atoms with Gasteiger partial charge in [0, 0.05) is 5.38 Å². The summed E-state index contributed by atoms with van der Waals surface area (Å²) in [6.07, 6.45) is 0.0496. The van der Waals surface area contributed by atoms with Crippen molar-refractivity contribution < 1.29 is 4.74 Å². The van der Waals surface area contributed by atoms with Gasteiger partial charge in [-0.15, -0.1) is 11.3 Å². The lowest BCUT2D eigenvalue weighted by atomic mass is 10.3. The molecule has 0 atom stereocenters. The molecule has 0 aliphatic heterocycles. The summed E-state index contributed by atoms with van der Waals surface area (Å²) in [5.74, 6) is 1.20. The van der Waals surface area contributed by atoms with Crippen molar-refractivity contribution in [3.05, 3.63) is 28.7 Å². The second-order valence-corrected chi connectivity index (χ2v) is 4.81. The van der Waals surface area contributed by atoms with E-state index in [1.54, 1.807) is 22.9 Å². The summed E-state index contributed by atoms with van der Waals surface area (Å²) < 4.78 is 5.53. The highest BCUT2D eigenvalue weighted by atomic mass is 32.1. The van der Waals surface area contributed by atoms with Crippen LogP contribution < -0.4 is 15.8 Å². The topological polar surface area (TPSA) is 73.1 Å². The monoisotopic (exact) mass is 264 g/mol. The van der Waals surface area contributed by atoms with Gasteiger partial charge in [-0.25, -0.2) is 4.98 Å². The number of thiazole rings is 1. The van der Waals surface area contributed by atoms with E-state index in [-0.39, 0.29) is 6.10 Å². The van der Waals surface area contributed by atoms with Crippen LogP contribution in [0, 0.1) is 0 Å². The first kappa shape index (κ1) is 12.6. The van der Waals surface area contributed by atoms with Gasteiger partial charge in [-0.05, 0) is 26.0 Å². The highest BCUT2D eigenvalue weighted by Gasteiger charge is 2.06. The molecule has 0 saturated carbocycles. The van der Waals surface area contributed by atoms with Crippen LogP contribution in [0.3, 0.4) is 0 Å². The number of anilines is 2. The van der Waals surface area contributed by atoms with E-state index in [2.05, 4.69) is 15.3 Å². The number of rotatable bonds is 5. The van der Waals surface area contributed by atoms with Gasteiger partial charge in [0.05, 0.1) is 29.5 Å². The van der Waals surface area contributed by atoms with Crippen LogP contribution >= 0.6 is 11.3 Å². The maximum Gasteiger partial charge on any atom is 0.239 e. The zero-order chi connectivity index (χ0) is 13.0. The Morgan fingerprint density at radius 1 is 1.44 bits per heavy atom. The molecule has 0 unspecified atom stereocenters. The Hall–Kier alpha value is -1.82. The number of ether oxygens (including phenoxy) is 1. The predicted octanol–water partition coefficient (Wildman–Crippen LogP) is 2.52. The molecule has 96 valence electrons. The lowest BCUT2D eigenvalue weighted by Crippen LogP contribution is -2.10. The van der Waals surface area contributed by atoms with Gasteiger partial charge >= 0.3 is 0 Å². The number of nitrogens with zero attached hydrogens (tertiary/aromatic N) is 2. The van der Waals surface area contributed by atoms with Crippen molar-refractivity contribution in [2.45, 2.75) is 26.5 Å². The summed E-state index contributed by atoms with van der Waals surface area (Å²) in [7, 11) is 0.